The fraction of sp³-hybridized carbons (Fsp3) is 0.200. The van der Waals surface area contributed by atoms with Crippen LogP contribution in [0, 0.1) is 5.41 Å². The number of esters is 1. The Labute approximate surface area is 218 Å². The Morgan fingerprint density at radius 1 is 1.17 bits per heavy atom. The van der Waals surface area contributed by atoms with Gasteiger partial charge < -0.3 is 25.3 Å². The number of fused-ring (bicyclic) bond motifs is 1. The SMILES string of the molecule is COC(=O)CCN(C(=O)c1cc2c(nc(CNc3ccc(C(=N)N)cc3)n2C)s1)c1ccccc1.Cl. The second-order valence-corrected chi connectivity index (χ2v) is 8.88. The molecule has 0 aliphatic carbocycles. The van der Waals surface area contributed by atoms with E-state index in [2.05, 4.69) is 5.32 Å². The number of hydrogen-bond acceptors (Lipinski definition) is 7. The van der Waals surface area contributed by atoms with Crippen molar-refractivity contribution in [3.05, 3.63) is 76.9 Å². The lowest BCUT2D eigenvalue weighted by molar-refractivity contribution is -0.140. The minimum absolute atomic E-state index is 0. The number of anilines is 2. The number of para-hydroxylation sites is 1. The van der Waals surface area contributed by atoms with E-state index in [0.29, 0.717) is 22.7 Å². The summed E-state index contributed by atoms with van der Waals surface area (Å²) in [6.45, 7) is 0.713. The molecular formula is C25H27ClN6O3S. The quantitative estimate of drug-likeness (QED) is 0.171. The number of halogens is 1. The highest BCUT2D eigenvalue weighted by molar-refractivity contribution is 7.20. The van der Waals surface area contributed by atoms with Crippen molar-refractivity contribution in [3.63, 3.8) is 0 Å². The predicted octanol–water partition coefficient (Wildman–Crippen LogP) is 4.16. The molecule has 0 aliphatic heterocycles. The third-order valence-electron chi connectivity index (χ3n) is 5.61. The number of nitrogens with one attached hydrogen (secondary N) is 2. The lowest BCUT2D eigenvalue weighted by atomic mass is 10.2. The molecule has 11 heteroatoms. The Hall–Kier alpha value is -3.89. The number of aryl methyl sites for hydroxylation is 1. The van der Waals surface area contributed by atoms with Gasteiger partial charge in [0.25, 0.3) is 5.91 Å². The number of aromatic nitrogens is 2. The number of nitrogen functional groups attached to an aromatic ring is 1. The van der Waals surface area contributed by atoms with Crippen molar-refractivity contribution in [2.45, 2.75) is 13.0 Å². The van der Waals surface area contributed by atoms with Gasteiger partial charge in [-0.25, -0.2) is 4.98 Å². The maximum Gasteiger partial charge on any atom is 0.307 e. The lowest BCUT2D eigenvalue weighted by Crippen LogP contribution is -2.32. The fourth-order valence-corrected chi connectivity index (χ4v) is 4.66. The summed E-state index contributed by atoms with van der Waals surface area (Å²) in [7, 11) is 3.25. The first kappa shape index (κ1) is 26.7. The second-order valence-electron chi connectivity index (χ2n) is 7.85. The third-order valence-corrected chi connectivity index (χ3v) is 6.62. The zero-order valence-electron chi connectivity index (χ0n) is 19.9. The van der Waals surface area contributed by atoms with Gasteiger partial charge in [-0.05, 0) is 42.5 Å². The van der Waals surface area contributed by atoms with E-state index in [4.69, 9.17) is 20.9 Å². The number of carbonyl (C=O) groups is 2. The van der Waals surface area contributed by atoms with Crippen molar-refractivity contribution >= 4 is 63.2 Å². The summed E-state index contributed by atoms with van der Waals surface area (Å²) in [4.78, 5) is 32.7. The Kier molecular flexibility index (Phi) is 8.68. The first-order valence-electron chi connectivity index (χ1n) is 10.9. The molecule has 1 amide bonds. The normalized spacial score (nSPS) is 10.5. The van der Waals surface area contributed by atoms with Crippen LogP contribution in [0.1, 0.15) is 27.5 Å². The number of thiophene rings is 1. The number of amides is 1. The van der Waals surface area contributed by atoms with Crippen LogP contribution in [0.5, 0.6) is 0 Å². The number of hydrogen-bond donors (Lipinski definition) is 3. The lowest BCUT2D eigenvalue weighted by Gasteiger charge is -2.21. The van der Waals surface area contributed by atoms with Crippen LogP contribution in [-0.4, -0.2) is 40.9 Å². The topological polar surface area (TPSA) is 126 Å². The summed E-state index contributed by atoms with van der Waals surface area (Å²) < 4.78 is 6.71. The zero-order valence-corrected chi connectivity index (χ0v) is 21.5. The molecule has 0 atom stereocenters. The number of methoxy groups -OCH3 is 1. The van der Waals surface area contributed by atoms with Crippen molar-refractivity contribution in [2.75, 3.05) is 23.9 Å². The van der Waals surface area contributed by atoms with E-state index < -0.39 is 0 Å². The Bertz CT molecular complexity index is 1370. The molecule has 188 valence electrons. The number of nitrogens with two attached hydrogens (primary N) is 1. The molecule has 0 radical (unpaired) electrons. The molecule has 2 aromatic heterocycles. The average molecular weight is 527 g/mol. The minimum atomic E-state index is -0.371. The maximum absolute atomic E-state index is 13.4. The molecule has 4 rings (SSSR count). The number of benzene rings is 2. The van der Waals surface area contributed by atoms with E-state index in [-0.39, 0.29) is 43.1 Å². The monoisotopic (exact) mass is 526 g/mol. The van der Waals surface area contributed by atoms with Gasteiger partial charge in [-0.2, -0.15) is 0 Å². The first-order valence-corrected chi connectivity index (χ1v) is 11.8. The predicted molar refractivity (Wildman–Crippen MR) is 145 cm³/mol. The number of rotatable bonds is 9. The van der Waals surface area contributed by atoms with E-state index >= 15 is 0 Å². The number of amidine groups is 1. The number of carbonyl (C=O) groups excluding carboxylic acids is 2. The molecule has 2 aromatic carbocycles. The second kappa shape index (κ2) is 11.7. The van der Waals surface area contributed by atoms with E-state index in [1.807, 2.05) is 60.1 Å². The largest absolute Gasteiger partial charge is 0.469 e. The van der Waals surface area contributed by atoms with Gasteiger partial charge in [0, 0.05) is 30.5 Å². The minimum Gasteiger partial charge on any atom is -0.469 e. The number of ether oxygens (including phenoxy) is 1. The summed E-state index contributed by atoms with van der Waals surface area (Å²) in [5.74, 6) is 0.298. The van der Waals surface area contributed by atoms with Gasteiger partial charge >= 0.3 is 5.97 Å². The summed E-state index contributed by atoms with van der Waals surface area (Å²) in [5.41, 5.74) is 8.64. The van der Waals surface area contributed by atoms with Gasteiger partial charge in [-0.1, -0.05) is 18.2 Å². The van der Waals surface area contributed by atoms with E-state index in [0.717, 1.165) is 21.9 Å². The fourth-order valence-electron chi connectivity index (χ4n) is 3.63. The van der Waals surface area contributed by atoms with Crippen LogP contribution < -0.4 is 16.0 Å². The number of nitrogens with zero attached hydrogens (tertiary/aromatic N) is 3. The maximum atomic E-state index is 13.4. The van der Waals surface area contributed by atoms with Crippen LogP contribution >= 0.6 is 23.7 Å². The van der Waals surface area contributed by atoms with E-state index in [9.17, 15) is 9.59 Å². The molecule has 4 N–H and O–H groups in total. The van der Waals surface area contributed by atoms with Crippen LogP contribution in [0.3, 0.4) is 0 Å². The molecular weight excluding hydrogens is 500 g/mol. The van der Waals surface area contributed by atoms with Gasteiger partial charge in [-0.3, -0.25) is 15.0 Å². The highest BCUT2D eigenvalue weighted by Crippen LogP contribution is 2.29. The van der Waals surface area contributed by atoms with Crippen molar-refractivity contribution in [1.29, 1.82) is 5.41 Å². The van der Waals surface area contributed by atoms with Gasteiger partial charge in [0.1, 0.15) is 16.5 Å². The van der Waals surface area contributed by atoms with Gasteiger partial charge in [0.2, 0.25) is 0 Å². The van der Waals surface area contributed by atoms with Crippen LogP contribution in [0.4, 0.5) is 11.4 Å². The average Bonchev–Trinajstić information content (AvgIpc) is 3.42. The molecule has 9 nitrogen and oxygen atoms in total. The van der Waals surface area contributed by atoms with Crippen molar-refractivity contribution in [1.82, 2.24) is 9.55 Å². The molecule has 0 saturated heterocycles. The molecule has 0 spiro atoms. The van der Waals surface area contributed by atoms with Crippen molar-refractivity contribution < 1.29 is 14.3 Å². The molecule has 0 bridgehead atoms. The Morgan fingerprint density at radius 2 is 1.86 bits per heavy atom. The standard InChI is InChI=1S/C25H26N6O3S.ClH/c1-30-19-14-20(25(33)31(13-12-22(32)34-2)18-6-4-3-5-7-18)35-24(19)29-21(30)15-28-17-10-8-16(9-11-17)23(26)27;/h3-11,14,28H,12-13,15H2,1-2H3,(H3,26,27);1H. The molecule has 0 fully saturated rings. The summed E-state index contributed by atoms with van der Waals surface area (Å²) in [6.07, 6.45) is 0.101. The Morgan fingerprint density at radius 3 is 2.47 bits per heavy atom. The van der Waals surface area contributed by atoms with E-state index in [1.54, 1.807) is 17.0 Å². The summed E-state index contributed by atoms with van der Waals surface area (Å²) in [5, 5.41) is 10.8. The number of imidazole rings is 1. The smallest absolute Gasteiger partial charge is 0.307 e. The molecule has 0 aliphatic rings. The van der Waals surface area contributed by atoms with Crippen LogP contribution in [0.2, 0.25) is 0 Å². The molecule has 0 unspecified atom stereocenters. The van der Waals surface area contributed by atoms with E-state index in [1.165, 1.54) is 18.4 Å². The molecule has 4 aromatic rings. The summed E-state index contributed by atoms with van der Waals surface area (Å²) in [6, 6.07) is 18.4. The van der Waals surface area contributed by atoms with Crippen LogP contribution in [-0.2, 0) is 23.1 Å². The highest BCUT2D eigenvalue weighted by atomic mass is 35.5. The molecule has 36 heavy (non-hydrogen) atoms. The third kappa shape index (κ3) is 5.84. The van der Waals surface area contributed by atoms with Crippen molar-refractivity contribution in [2.24, 2.45) is 12.8 Å². The van der Waals surface area contributed by atoms with Crippen molar-refractivity contribution in [3.8, 4) is 0 Å². The zero-order chi connectivity index (χ0) is 24.9. The summed E-state index contributed by atoms with van der Waals surface area (Å²) >= 11 is 1.33. The Balaban J connectivity index is 0.00000361. The van der Waals surface area contributed by atoms with Gasteiger partial charge in [-0.15, -0.1) is 23.7 Å². The van der Waals surface area contributed by atoms with Crippen LogP contribution in [0.25, 0.3) is 10.3 Å². The first-order chi connectivity index (χ1) is 16.9. The molecule has 2 heterocycles. The molecule has 0 saturated carbocycles. The van der Waals surface area contributed by atoms with Gasteiger partial charge in [0.05, 0.1) is 30.5 Å². The van der Waals surface area contributed by atoms with Crippen LogP contribution in [0.15, 0.2) is 60.7 Å². The highest BCUT2D eigenvalue weighted by Gasteiger charge is 2.23. The van der Waals surface area contributed by atoms with Gasteiger partial charge in [0.15, 0.2) is 0 Å².